The fourth-order valence-corrected chi connectivity index (χ4v) is 2.77. The van der Waals surface area contributed by atoms with Gasteiger partial charge in [-0.1, -0.05) is 48.5 Å². The van der Waals surface area contributed by atoms with Crippen molar-refractivity contribution in [3.05, 3.63) is 65.7 Å². The van der Waals surface area contributed by atoms with Gasteiger partial charge in [0.25, 0.3) is 0 Å². The second-order valence-electron chi connectivity index (χ2n) is 5.10. The number of nitrogens with zero attached hydrogens (tertiary/aromatic N) is 1. The molecular formula is C17H17NO. The molecule has 0 aromatic heterocycles. The Morgan fingerprint density at radius 1 is 1.05 bits per heavy atom. The van der Waals surface area contributed by atoms with Crippen molar-refractivity contribution in [1.82, 2.24) is 0 Å². The molecule has 0 N–H and O–H groups in total. The third kappa shape index (κ3) is 2.53. The molecule has 2 aromatic rings. The molecule has 0 saturated carbocycles. The smallest absolute Gasteiger partial charge is 0.125 e. The van der Waals surface area contributed by atoms with Gasteiger partial charge in [0.2, 0.25) is 0 Å². The van der Waals surface area contributed by atoms with Crippen LogP contribution >= 0.6 is 0 Å². The fourth-order valence-electron chi connectivity index (χ4n) is 2.77. The van der Waals surface area contributed by atoms with Crippen molar-refractivity contribution in [3.63, 3.8) is 0 Å². The van der Waals surface area contributed by atoms with E-state index in [9.17, 15) is 4.79 Å². The summed E-state index contributed by atoms with van der Waals surface area (Å²) in [5.41, 5.74) is 3.83. The molecule has 0 amide bonds. The standard InChI is InChI=1S/C17H17NO/c19-13-15-10-16-8-4-5-9-17(16)18(12-15)11-14-6-2-1-3-7-14/h1-9,13,15H,10-12H2/t15-/m1/s1. The molecule has 2 aromatic carbocycles. The van der Waals surface area contributed by atoms with Crippen LogP contribution in [0.15, 0.2) is 54.6 Å². The van der Waals surface area contributed by atoms with Gasteiger partial charge in [-0.3, -0.25) is 0 Å². The summed E-state index contributed by atoms with van der Waals surface area (Å²) in [5, 5.41) is 0. The Morgan fingerprint density at radius 2 is 1.79 bits per heavy atom. The molecule has 1 aliphatic heterocycles. The van der Waals surface area contributed by atoms with E-state index in [1.54, 1.807) is 0 Å². The molecule has 1 atom stereocenters. The van der Waals surface area contributed by atoms with E-state index in [1.807, 2.05) is 12.1 Å². The number of carbonyl (C=O) groups is 1. The summed E-state index contributed by atoms with van der Waals surface area (Å²) in [7, 11) is 0. The summed E-state index contributed by atoms with van der Waals surface area (Å²) < 4.78 is 0. The highest BCUT2D eigenvalue weighted by atomic mass is 16.1. The van der Waals surface area contributed by atoms with Gasteiger partial charge in [-0.2, -0.15) is 0 Å². The van der Waals surface area contributed by atoms with Gasteiger partial charge in [-0.15, -0.1) is 0 Å². The maximum atomic E-state index is 11.1. The second-order valence-corrected chi connectivity index (χ2v) is 5.10. The molecule has 2 heteroatoms. The first-order valence-electron chi connectivity index (χ1n) is 6.69. The predicted octanol–water partition coefficient (Wildman–Crippen LogP) is 3.06. The van der Waals surface area contributed by atoms with Gasteiger partial charge in [0.1, 0.15) is 6.29 Å². The van der Waals surface area contributed by atoms with Crippen LogP contribution in [-0.2, 0) is 17.8 Å². The van der Waals surface area contributed by atoms with E-state index >= 15 is 0 Å². The van der Waals surface area contributed by atoms with Crippen molar-refractivity contribution in [2.24, 2.45) is 5.92 Å². The summed E-state index contributed by atoms with van der Waals surface area (Å²) in [4.78, 5) is 13.5. The number of rotatable bonds is 3. The monoisotopic (exact) mass is 251 g/mol. The first-order chi connectivity index (χ1) is 9.36. The van der Waals surface area contributed by atoms with E-state index in [1.165, 1.54) is 16.8 Å². The number of aldehydes is 1. The molecule has 3 rings (SSSR count). The van der Waals surface area contributed by atoms with Crippen molar-refractivity contribution in [3.8, 4) is 0 Å². The summed E-state index contributed by atoms with van der Waals surface area (Å²) in [6.07, 6.45) is 1.96. The van der Waals surface area contributed by atoms with Crippen molar-refractivity contribution >= 4 is 12.0 Å². The summed E-state index contributed by atoms with van der Waals surface area (Å²) in [5.74, 6) is 0.110. The lowest BCUT2D eigenvalue weighted by Gasteiger charge is -2.34. The van der Waals surface area contributed by atoms with Crippen LogP contribution in [0.1, 0.15) is 11.1 Å². The van der Waals surface area contributed by atoms with E-state index in [2.05, 4.69) is 47.4 Å². The Balaban J connectivity index is 1.90. The highest BCUT2D eigenvalue weighted by Gasteiger charge is 2.23. The average Bonchev–Trinajstić information content (AvgIpc) is 2.48. The van der Waals surface area contributed by atoms with E-state index < -0.39 is 0 Å². The van der Waals surface area contributed by atoms with Crippen LogP contribution in [0.3, 0.4) is 0 Å². The van der Waals surface area contributed by atoms with Crippen LogP contribution in [0.5, 0.6) is 0 Å². The summed E-state index contributed by atoms with van der Waals surface area (Å²) in [6, 6.07) is 18.8. The minimum Gasteiger partial charge on any atom is -0.366 e. The van der Waals surface area contributed by atoms with Gasteiger partial charge in [-0.25, -0.2) is 0 Å². The topological polar surface area (TPSA) is 20.3 Å². The van der Waals surface area contributed by atoms with E-state index in [-0.39, 0.29) is 5.92 Å². The average molecular weight is 251 g/mol. The number of hydrogen-bond donors (Lipinski definition) is 0. The lowest BCUT2D eigenvalue weighted by Crippen LogP contribution is -2.35. The van der Waals surface area contributed by atoms with Gasteiger partial charge >= 0.3 is 0 Å². The maximum absolute atomic E-state index is 11.1. The van der Waals surface area contributed by atoms with Gasteiger partial charge in [0.15, 0.2) is 0 Å². The molecule has 0 bridgehead atoms. The number of anilines is 1. The van der Waals surface area contributed by atoms with Gasteiger partial charge in [-0.05, 0) is 23.6 Å². The molecule has 19 heavy (non-hydrogen) atoms. The molecule has 1 aliphatic rings. The van der Waals surface area contributed by atoms with Crippen LogP contribution < -0.4 is 4.90 Å². The number of fused-ring (bicyclic) bond motifs is 1. The zero-order valence-electron chi connectivity index (χ0n) is 10.8. The Morgan fingerprint density at radius 3 is 2.58 bits per heavy atom. The normalized spacial score (nSPS) is 17.9. The molecular weight excluding hydrogens is 234 g/mol. The molecule has 96 valence electrons. The zero-order chi connectivity index (χ0) is 13.1. The molecule has 0 saturated heterocycles. The second kappa shape index (κ2) is 5.27. The van der Waals surface area contributed by atoms with Gasteiger partial charge in [0.05, 0.1) is 0 Å². The van der Waals surface area contributed by atoms with Crippen LogP contribution in [0.25, 0.3) is 0 Å². The highest BCUT2D eigenvalue weighted by Crippen LogP contribution is 2.30. The van der Waals surface area contributed by atoms with Gasteiger partial charge < -0.3 is 9.69 Å². The number of hydrogen-bond acceptors (Lipinski definition) is 2. The molecule has 0 spiro atoms. The Kier molecular flexibility index (Phi) is 3.32. The van der Waals surface area contributed by atoms with Crippen LogP contribution in [0.4, 0.5) is 5.69 Å². The van der Waals surface area contributed by atoms with Crippen molar-refractivity contribution in [2.45, 2.75) is 13.0 Å². The SMILES string of the molecule is O=C[C@@H]1Cc2ccccc2N(Cc2ccccc2)C1. The molecule has 2 nitrogen and oxygen atoms in total. The van der Waals surface area contributed by atoms with Crippen molar-refractivity contribution in [2.75, 3.05) is 11.4 Å². The Hall–Kier alpha value is -2.09. The Bertz CT molecular complexity index is 564. The molecule has 0 fully saturated rings. The molecule has 0 aliphatic carbocycles. The lowest BCUT2D eigenvalue weighted by molar-refractivity contribution is -0.110. The predicted molar refractivity (Wildman–Crippen MR) is 77.2 cm³/mol. The minimum absolute atomic E-state index is 0.110. The Labute approximate surface area is 113 Å². The van der Waals surface area contributed by atoms with E-state index in [0.717, 1.165) is 25.8 Å². The summed E-state index contributed by atoms with van der Waals surface area (Å²) >= 11 is 0. The van der Waals surface area contributed by atoms with E-state index in [4.69, 9.17) is 0 Å². The molecule has 0 radical (unpaired) electrons. The third-order valence-electron chi connectivity index (χ3n) is 3.68. The highest BCUT2D eigenvalue weighted by molar-refractivity contribution is 5.63. The first kappa shape index (κ1) is 12.0. The first-order valence-corrected chi connectivity index (χ1v) is 6.69. The van der Waals surface area contributed by atoms with Crippen LogP contribution in [-0.4, -0.2) is 12.8 Å². The lowest BCUT2D eigenvalue weighted by atomic mass is 9.93. The number of benzene rings is 2. The molecule has 0 unspecified atom stereocenters. The van der Waals surface area contributed by atoms with Crippen molar-refractivity contribution < 1.29 is 4.79 Å². The fraction of sp³-hybridized carbons (Fsp3) is 0.235. The number of carbonyl (C=O) groups excluding carboxylic acids is 1. The van der Waals surface area contributed by atoms with Crippen molar-refractivity contribution in [1.29, 1.82) is 0 Å². The molecule has 1 heterocycles. The largest absolute Gasteiger partial charge is 0.366 e. The minimum atomic E-state index is 0.110. The number of para-hydroxylation sites is 1. The summed E-state index contributed by atoms with van der Waals surface area (Å²) in [6.45, 7) is 1.68. The van der Waals surface area contributed by atoms with Crippen LogP contribution in [0.2, 0.25) is 0 Å². The maximum Gasteiger partial charge on any atom is 0.125 e. The van der Waals surface area contributed by atoms with Gasteiger partial charge in [0, 0.05) is 24.7 Å². The third-order valence-corrected chi connectivity index (χ3v) is 3.68. The van der Waals surface area contributed by atoms with Crippen LogP contribution in [0, 0.1) is 5.92 Å². The quantitative estimate of drug-likeness (QED) is 0.781. The van der Waals surface area contributed by atoms with E-state index in [0.29, 0.717) is 0 Å². The zero-order valence-corrected chi connectivity index (χ0v) is 10.8.